The van der Waals surface area contributed by atoms with Crippen LogP contribution in [0.3, 0.4) is 0 Å². The number of fused-ring (bicyclic) bond motifs is 1. The SMILES string of the molecule is COc1c(O)c2c(=O)cc(OC)c3c4c(OC)cc(=O)c5c(O)c(NCCCCc6ccccn6)c6c(c(c1CC(C)=C6)c23)c54. The number of methoxy groups -OCH3 is 3. The van der Waals surface area contributed by atoms with E-state index >= 15 is 0 Å². The highest BCUT2D eigenvalue weighted by Gasteiger charge is 2.33. The van der Waals surface area contributed by atoms with Gasteiger partial charge >= 0.3 is 0 Å². The molecule has 7 rings (SSSR count). The molecular formula is C36H32N2O7. The number of hydrogen-bond donors (Lipinski definition) is 3. The minimum absolute atomic E-state index is 0.0936. The Morgan fingerprint density at radius 1 is 0.800 bits per heavy atom. The summed E-state index contributed by atoms with van der Waals surface area (Å²) in [4.78, 5) is 31.8. The Bertz CT molecular complexity index is 2300. The minimum atomic E-state index is -0.427. The van der Waals surface area contributed by atoms with Crippen molar-refractivity contribution in [1.82, 2.24) is 4.98 Å². The van der Waals surface area contributed by atoms with Crippen LogP contribution in [0.5, 0.6) is 28.7 Å². The number of ether oxygens (including phenoxy) is 3. The van der Waals surface area contributed by atoms with Crippen LogP contribution in [0.2, 0.25) is 0 Å². The van der Waals surface area contributed by atoms with E-state index in [1.54, 1.807) is 6.20 Å². The highest BCUT2D eigenvalue weighted by molar-refractivity contribution is 6.39. The summed E-state index contributed by atoms with van der Waals surface area (Å²) in [5.41, 5.74) is 2.92. The van der Waals surface area contributed by atoms with Crippen molar-refractivity contribution in [3.05, 3.63) is 79.4 Å². The number of rotatable bonds is 9. The Balaban J connectivity index is 1.60. The molecule has 1 aliphatic carbocycles. The predicted molar refractivity (Wildman–Crippen MR) is 177 cm³/mol. The molecule has 6 aromatic rings. The number of allylic oxidation sites excluding steroid dienone is 1. The van der Waals surface area contributed by atoms with Crippen molar-refractivity contribution < 1.29 is 24.4 Å². The summed E-state index contributed by atoms with van der Waals surface area (Å²) in [6.07, 6.45) is 6.67. The number of phenols is 2. The molecule has 0 unspecified atom stereocenters. The maximum Gasteiger partial charge on any atom is 0.194 e. The van der Waals surface area contributed by atoms with Crippen molar-refractivity contribution in [2.45, 2.75) is 32.6 Å². The maximum atomic E-state index is 13.8. The van der Waals surface area contributed by atoms with E-state index in [0.717, 1.165) is 30.5 Å². The lowest BCUT2D eigenvalue weighted by Gasteiger charge is -2.24. The van der Waals surface area contributed by atoms with Gasteiger partial charge in [0.15, 0.2) is 28.1 Å². The van der Waals surface area contributed by atoms with Crippen LogP contribution in [-0.2, 0) is 12.8 Å². The number of nitrogens with one attached hydrogen (secondary N) is 1. The maximum absolute atomic E-state index is 13.8. The fourth-order valence-electron chi connectivity index (χ4n) is 7.11. The van der Waals surface area contributed by atoms with Crippen LogP contribution in [0.25, 0.3) is 49.2 Å². The molecule has 0 saturated heterocycles. The molecule has 0 spiro atoms. The summed E-state index contributed by atoms with van der Waals surface area (Å²) in [5.74, 6) is 0.341. The number of anilines is 1. The van der Waals surface area contributed by atoms with Crippen molar-refractivity contribution in [2.75, 3.05) is 33.2 Å². The normalized spacial score (nSPS) is 12.8. The summed E-state index contributed by atoms with van der Waals surface area (Å²) in [5, 5.41) is 30.4. The van der Waals surface area contributed by atoms with E-state index in [0.29, 0.717) is 62.1 Å². The number of nitrogens with zero attached hydrogens (tertiary/aromatic N) is 1. The summed E-state index contributed by atoms with van der Waals surface area (Å²) >= 11 is 0. The summed E-state index contributed by atoms with van der Waals surface area (Å²) in [6.45, 7) is 2.51. The van der Waals surface area contributed by atoms with Crippen molar-refractivity contribution in [1.29, 1.82) is 0 Å². The van der Waals surface area contributed by atoms with Crippen LogP contribution in [-0.4, -0.2) is 43.1 Å². The second-order valence-electron chi connectivity index (χ2n) is 11.5. The van der Waals surface area contributed by atoms with Gasteiger partial charge in [-0.15, -0.1) is 0 Å². The Morgan fingerprint density at radius 2 is 1.47 bits per heavy atom. The monoisotopic (exact) mass is 604 g/mol. The van der Waals surface area contributed by atoms with E-state index in [1.165, 1.54) is 33.5 Å². The molecule has 0 amide bonds. The molecule has 1 aliphatic rings. The van der Waals surface area contributed by atoms with Gasteiger partial charge in [0.2, 0.25) is 0 Å². The first-order valence-corrected chi connectivity index (χ1v) is 14.9. The standard InChI is InChI=1S/C36H32N2O7/c1-17-13-19-25-26-20(14-17)36(45-4)35(42)28-22(40)16-24(44-3)30(32(26)28)29-23(43-2)15-21(39)27(31(25)29)34(41)33(19)38-12-8-6-10-18-9-5-7-11-37-18/h5,7,9,11,13,15-16,38,41-42H,6,8,10,12,14H2,1-4H3. The van der Waals surface area contributed by atoms with E-state index in [2.05, 4.69) is 10.3 Å². The van der Waals surface area contributed by atoms with Crippen LogP contribution in [0.4, 0.5) is 5.69 Å². The van der Waals surface area contributed by atoms with Gasteiger partial charge < -0.3 is 29.7 Å². The molecule has 0 saturated carbocycles. The Labute approximate surface area is 258 Å². The molecular weight excluding hydrogens is 572 g/mol. The van der Waals surface area contributed by atoms with E-state index < -0.39 is 10.9 Å². The second kappa shape index (κ2) is 10.7. The summed E-state index contributed by atoms with van der Waals surface area (Å²) < 4.78 is 17.3. The third kappa shape index (κ3) is 4.10. The number of pyridine rings is 1. The fraction of sp³-hybridized carbons (Fsp3) is 0.250. The lowest BCUT2D eigenvalue weighted by molar-refractivity contribution is 0.373. The van der Waals surface area contributed by atoms with Gasteiger partial charge in [0, 0.05) is 68.6 Å². The highest BCUT2D eigenvalue weighted by atomic mass is 16.5. The van der Waals surface area contributed by atoms with Gasteiger partial charge in [0.1, 0.15) is 11.5 Å². The zero-order valence-corrected chi connectivity index (χ0v) is 25.5. The number of benzene rings is 5. The van der Waals surface area contributed by atoms with E-state index in [1.807, 2.05) is 31.2 Å². The molecule has 0 bridgehead atoms. The molecule has 5 aromatic carbocycles. The second-order valence-corrected chi connectivity index (χ2v) is 11.5. The largest absolute Gasteiger partial charge is 0.505 e. The zero-order chi connectivity index (χ0) is 31.6. The molecule has 3 N–H and O–H groups in total. The molecule has 9 nitrogen and oxygen atoms in total. The Morgan fingerprint density at radius 3 is 2.09 bits per heavy atom. The number of aryl methyl sites for hydroxylation is 1. The number of phenolic OH excluding ortho intramolecular Hbond substituents is 2. The van der Waals surface area contributed by atoms with Gasteiger partial charge in [0.05, 0.1) is 37.8 Å². The number of hydrogen-bond acceptors (Lipinski definition) is 9. The van der Waals surface area contributed by atoms with Gasteiger partial charge in [-0.3, -0.25) is 14.6 Å². The van der Waals surface area contributed by atoms with E-state index in [-0.39, 0.29) is 39.5 Å². The molecule has 9 heteroatoms. The molecule has 1 heterocycles. The first-order chi connectivity index (χ1) is 21.8. The Kier molecular flexibility index (Phi) is 6.76. The molecule has 0 atom stereocenters. The third-order valence-electron chi connectivity index (χ3n) is 8.93. The minimum Gasteiger partial charge on any atom is -0.505 e. The lowest BCUT2D eigenvalue weighted by Crippen LogP contribution is -2.11. The predicted octanol–water partition coefficient (Wildman–Crippen LogP) is 6.12. The van der Waals surface area contributed by atoms with Gasteiger partial charge in [-0.05, 0) is 50.1 Å². The molecule has 0 radical (unpaired) electrons. The topological polar surface area (TPSA) is 127 Å². The zero-order valence-electron chi connectivity index (χ0n) is 25.5. The van der Waals surface area contributed by atoms with Gasteiger partial charge in [-0.1, -0.05) is 17.7 Å². The van der Waals surface area contributed by atoms with Gasteiger partial charge in [-0.25, -0.2) is 0 Å². The molecule has 1 aromatic heterocycles. The quantitative estimate of drug-likeness (QED) is 0.0774. The molecule has 228 valence electrons. The van der Waals surface area contributed by atoms with E-state index in [4.69, 9.17) is 14.2 Å². The average Bonchev–Trinajstić information content (AvgIpc) is 3.18. The van der Waals surface area contributed by atoms with Crippen molar-refractivity contribution in [3.63, 3.8) is 0 Å². The number of aromatic nitrogens is 1. The average molecular weight is 605 g/mol. The van der Waals surface area contributed by atoms with Crippen LogP contribution in [0, 0.1) is 0 Å². The first-order valence-electron chi connectivity index (χ1n) is 14.9. The van der Waals surface area contributed by atoms with Crippen LogP contribution in [0.15, 0.2) is 51.7 Å². The van der Waals surface area contributed by atoms with Crippen LogP contribution >= 0.6 is 0 Å². The fourth-order valence-corrected chi connectivity index (χ4v) is 7.11. The molecule has 0 fully saturated rings. The molecule has 45 heavy (non-hydrogen) atoms. The van der Waals surface area contributed by atoms with Crippen molar-refractivity contribution >= 4 is 54.9 Å². The number of aromatic hydroxyl groups is 2. The van der Waals surface area contributed by atoms with Crippen molar-refractivity contribution in [2.24, 2.45) is 0 Å². The van der Waals surface area contributed by atoms with Crippen LogP contribution < -0.4 is 30.4 Å². The lowest BCUT2D eigenvalue weighted by atomic mass is 9.83. The molecule has 0 aliphatic heterocycles. The van der Waals surface area contributed by atoms with Gasteiger partial charge in [-0.2, -0.15) is 0 Å². The highest BCUT2D eigenvalue weighted by Crippen LogP contribution is 2.56. The third-order valence-corrected chi connectivity index (χ3v) is 8.93. The van der Waals surface area contributed by atoms with Crippen molar-refractivity contribution in [3.8, 4) is 28.7 Å². The summed E-state index contributed by atoms with van der Waals surface area (Å²) in [7, 11) is 4.40. The van der Waals surface area contributed by atoms with Gasteiger partial charge in [0.25, 0.3) is 0 Å². The van der Waals surface area contributed by atoms with E-state index in [9.17, 15) is 19.8 Å². The first kappa shape index (κ1) is 28.5. The smallest absolute Gasteiger partial charge is 0.194 e. The summed E-state index contributed by atoms with van der Waals surface area (Å²) in [6, 6.07) is 8.54. The Hall–Kier alpha value is -5.31. The van der Waals surface area contributed by atoms with Crippen LogP contribution in [0.1, 0.15) is 36.6 Å². The number of unbranched alkanes of at least 4 members (excludes halogenated alkanes) is 1.